The van der Waals surface area contributed by atoms with Crippen LogP contribution in [-0.2, 0) is 21.0 Å². The van der Waals surface area contributed by atoms with Crippen molar-refractivity contribution in [1.82, 2.24) is 9.62 Å². The zero-order valence-corrected chi connectivity index (χ0v) is 18.1. The Morgan fingerprint density at radius 1 is 1.16 bits per heavy atom. The predicted molar refractivity (Wildman–Crippen MR) is 111 cm³/mol. The molecule has 0 aromatic heterocycles. The van der Waals surface area contributed by atoms with Gasteiger partial charge in [0.2, 0.25) is 15.9 Å². The van der Waals surface area contributed by atoms with Crippen molar-refractivity contribution in [2.24, 2.45) is 5.92 Å². The lowest BCUT2D eigenvalue weighted by atomic mass is 9.96. The minimum atomic E-state index is -4.47. The number of nitrogens with zero attached hydrogens (tertiary/aromatic N) is 2. The average Bonchev–Trinajstić information content (AvgIpc) is 2.78. The number of hydrogen-bond acceptors (Lipinski definition) is 4. The van der Waals surface area contributed by atoms with Gasteiger partial charge in [-0.1, -0.05) is 12.1 Å². The molecule has 0 radical (unpaired) electrons. The Morgan fingerprint density at radius 2 is 1.78 bits per heavy atom. The quantitative estimate of drug-likeness (QED) is 0.726. The molecular formula is C22H22F3N3O3S. The second-order valence-corrected chi connectivity index (χ2v) is 9.61. The van der Waals surface area contributed by atoms with Crippen LogP contribution in [0.4, 0.5) is 13.2 Å². The Labute approximate surface area is 184 Å². The van der Waals surface area contributed by atoms with Crippen molar-refractivity contribution in [2.45, 2.75) is 36.9 Å². The summed E-state index contributed by atoms with van der Waals surface area (Å²) in [5, 5.41) is 11.6. The number of nitriles is 1. The van der Waals surface area contributed by atoms with Gasteiger partial charge in [0.1, 0.15) is 0 Å². The number of amides is 1. The van der Waals surface area contributed by atoms with Gasteiger partial charge in [-0.05, 0) is 61.7 Å². The van der Waals surface area contributed by atoms with Crippen molar-refractivity contribution in [3.63, 3.8) is 0 Å². The molecule has 1 saturated heterocycles. The average molecular weight is 465 g/mol. The summed E-state index contributed by atoms with van der Waals surface area (Å²) in [6.07, 6.45) is -3.86. The molecule has 10 heteroatoms. The van der Waals surface area contributed by atoms with E-state index in [1.807, 2.05) is 6.07 Å². The molecule has 6 nitrogen and oxygen atoms in total. The van der Waals surface area contributed by atoms with Crippen LogP contribution in [0.15, 0.2) is 53.4 Å². The van der Waals surface area contributed by atoms with Gasteiger partial charge in [-0.25, -0.2) is 8.42 Å². The minimum absolute atomic E-state index is 0.0811. The molecule has 0 bridgehead atoms. The molecule has 2 aromatic rings. The monoisotopic (exact) mass is 465 g/mol. The first-order valence-electron chi connectivity index (χ1n) is 10.00. The van der Waals surface area contributed by atoms with E-state index >= 15 is 0 Å². The van der Waals surface area contributed by atoms with E-state index in [0.29, 0.717) is 24.0 Å². The zero-order chi connectivity index (χ0) is 23.5. The normalized spacial score (nSPS) is 16.8. The SMILES string of the molecule is CC(NC(=O)C1CCN(S(=O)(=O)c2ccc(C#N)cc2)CC1)c1cccc(C(F)(F)F)c1. The number of nitrogens with one attached hydrogen (secondary N) is 1. The number of halogens is 3. The number of benzene rings is 2. The fraction of sp³-hybridized carbons (Fsp3) is 0.364. The van der Waals surface area contributed by atoms with E-state index < -0.39 is 33.7 Å². The highest BCUT2D eigenvalue weighted by molar-refractivity contribution is 7.89. The van der Waals surface area contributed by atoms with Gasteiger partial charge in [0.05, 0.1) is 28.1 Å². The van der Waals surface area contributed by atoms with E-state index in [9.17, 15) is 26.4 Å². The summed E-state index contributed by atoms with van der Waals surface area (Å²) in [5.74, 6) is -0.749. The highest BCUT2D eigenvalue weighted by Crippen LogP contribution is 2.31. The number of alkyl halides is 3. The fourth-order valence-corrected chi connectivity index (χ4v) is 5.08. The molecule has 170 valence electrons. The number of rotatable bonds is 5. The van der Waals surface area contributed by atoms with E-state index in [1.54, 1.807) is 6.92 Å². The summed E-state index contributed by atoms with van der Waals surface area (Å²) in [6.45, 7) is 1.91. The molecule has 1 amide bonds. The maximum absolute atomic E-state index is 12.9. The molecule has 0 spiro atoms. The van der Waals surface area contributed by atoms with Crippen LogP contribution in [0.5, 0.6) is 0 Å². The molecule has 1 heterocycles. The topological polar surface area (TPSA) is 90.3 Å². The molecule has 1 fully saturated rings. The van der Waals surface area contributed by atoms with Crippen LogP contribution in [0, 0.1) is 17.2 Å². The van der Waals surface area contributed by atoms with Crippen molar-refractivity contribution < 1.29 is 26.4 Å². The zero-order valence-electron chi connectivity index (χ0n) is 17.3. The molecular weight excluding hydrogens is 443 g/mol. The summed E-state index contributed by atoms with van der Waals surface area (Å²) >= 11 is 0. The molecule has 0 saturated carbocycles. The number of sulfonamides is 1. The molecule has 1 N–H and O–H groups in total. The Morgan fingerprint density at radius 3 is 2.34 bits per heavy atom. The third-order valence-electron chi connectivity index (χ3n) is 5.52. The lowest BCUT2D eigenvalue weighted by molar-refractivity contribution is -0.137. The van der Waals surface area contributed by atoms with Crippen LogP contribution in [0.2, 0.25) is 0 Å². The third-order valence-corrected chi connectivity index (χ3v) is 7.43. The van der Waals surface area contributed by atoms with E-state index in [-0.39, 0.29) is 23.9 Å². The van der Waals surface area contributed by atoms with Crippen molar-refractivity contribution in [3.05, 3.63) is 65.2 Å². The fourth-order valence-electron chi connectivity index (χ4n) is 3.61. The first kappa shape index (κ1) is 23.8. The Bertz CT molecular complexity index is 1120. The number of hydrogen-bond donors (Lipinski definition) is 1. The summed E-state index contributed by atoms with van der Waals surface area (Å²) in [7, 11) is -3.74. The number of carbonyl (C=O) groups is 1. The Balaban J connectivity index is 1.60. The third kappa shape index (κ3) is 5.29. The summed E-state index contributed by atoms with van der Waals surface area (Å²) < 4.78 is 65.6. The van der Waals surface area contributed by atoms with Gasteiger partial charge in [-0.15, -0.1) is 0 Å². The van der Waals surface area contributed by atoms with Gasteiger partial charge < -0.3 is 5.32 Å². The van der Waals surface area contributed by atoms with Crippen LogP contribution in [0.1, 0.15) is 42.5 Å². The van der Waals surface area contributed by atoms with Crippen molar-refractivity contribution in [3.8, 4) is 6.07 Å². The second-order valence-electron chi connectivity index (χ2n) is 7.67. The van der Waals surface area contributed by atoms with Gasteiger partial charge in [0, 0.05) is 19.0 Å². The van der Waals surface area contributed by atoms with Gasteiger partial charge in [-0.2, -0.15) is 22.7 Å². The summed E-state index contributed by atoms with van der Waals surface area (Å²) in [5.41, 5.74) is -0.0827. The summed E-state index contributed by atoms with van der Waals surface area (Å²) in [4.78, 5) is 12.7. The number of piperidine rings is 1. The maximum Gasteiger partial charge on any atom is 0.416 e. The van der Waals surface area contributed by atoms with Crippen molar-refractivity contribution in [2.75, 3.05) is 13.1 Å². The van der Waals surface area contributed by atoms with Crippen LogP contribution < -0.4 is 5.32 Å². The molecule has 1 atom stereocenters. The predicted octanol–water partition coefficient (Wildman–Crippen LogP) is 3.86. The van der Waals surface area contributed by atoms with E-state index in [4.69, 9.17) is 5.26 Å². The van der Waals surface area contributed by atoms with Crippen LogP contribution in [-0.4, -0.2) is 31.7 Å². The van der Waals surface area contributed by atoms with Gasteiger partial charge >= 0.3 is 6.18 Å². The van der Waals surface area contributed by atoms with Crippen LogP contribution >= 0.6 is 0 Å². The first-order chi connectivity index (χ1) is 15.0. The molecule has 2 aromatic carbocycles. The molecule has 3 rings (SSSR count). The Kier molecular flexibility index (Phi) is 6.91. The van der Waals surface area contributed by atoms with Gasteiger partial charge in [-0.3, -0.25) is 4.79 Å². The van der Waals surface area contributed by atoms with Crippen molar-refractivity contribution >= 4 is 15.9 Å². The first-order valence-corrected chi connectivity index (χ1v) is 11.4. The lowest BCUT2D eigenvalue weighted by Crippen LogP contribution is -2.43. The Hall–Kier alpha value is -2.90. The second kappa shape index (κ2) is 9.30. The van der Waals surface area contributed by atoms with E-state index in [1.165, 1.54) is 40.7 Å². The minimum Gasteiger partial charge on any atom is -0.349 e. The molecule has 1 aliphatic heterocycles. The highest BCUT2D eigenvalue weighted by atomic mass is 32.2. The maximum atomic E-state index is 12.9. The largest absolute Gasteiger partial charge is 0.416 e. The van der Waals surface area contributed by atoms with Crippen molar-refractivity contribution in [1.29, 1.82) is 5.26 Å². The van der Waals surface area contributed by atoms with E-state index in [0.717, 1.165) is 12.1 Å². The van der Waals surface area contributed by atoms with Crippen LogP contribution in [0.3, 0.4) is 0 Å². The highest BCUT2D eigenvalue weighted by Gasteiger charge is 2.33. The number of carbonyl (C=O) groups excluding carboxylic acids is 1. The smallest absolute Gasteiger partial charge is 0.349 e. The molecule has 1 aliphatic rings. The molecule has 32 heavy (non-hydrogen) atoms. The summed E-state index contributed by atoms with van der Waals surface area (Å²) in [6, 6.07) is 11.7. The standard InChI is InChI=1S/C22H22F3N3O3S/c1-15(18-3-2-4-19(13-18)22(23,24)25)27-21(29)17-9-11-28(12-10-17)32(30,31)20-7-5-16(14-26)6-8-20/h2-8,13,15,17H,9-12H2,1H3,(H,27,29). The molecule has 0 aliphatic carbocycles. The van der Waals surface area contributed by atoms with Crippen LogP contribution in [0.25, 0.3) is 0 Å². The lowest BCUT2D eigenvalue weighted by Gasteiger charge is -2.31. The van der Waals surface area contributed by atoms with Gasteiger partial charge in [0.15, 0.2) is 0 Å². The van der Waals surface area contributed by atoms with Gasteiger partial charge in [0.25, 0.3) is 0 Å². The van der Waals surface area contributed by atoms with E-state index in [2.05, 4.69) is 5.32 Å². The molecule has 1 unspecified atom stereocenters.